The number of rotatable bonds is 1. The Bertz CT molecular complexity index is 112. The Balaban J connectivity index is 2.55. The molecule has 0 aromatic rings. The van der Waals surface area contributed by atoms with Crippen molar-refractivity contribution in [3.63, 3.8) is 0 Å². The third-order valence-electron chi connectivity index (χ3n) is 2.17. The van der Waals surface area contributed by atoms with E-state index in [4.69, 9.17) is 9.47 Å². The topological polar surface area (TPSA) is 18.5 Å². The van der Waals surface area contributed by atoms with Crippen LogP contribution in [0.15, 0.2) is 0 Å². The van der Waals surface area contributed by atoms with Gasteiger partial charge >= 0.3 is 0 Å². The lowest BCUT2D eigenvalue weighted by Gasteiger charge is -2.20. The first-order valence-corrected chi connectivity index (χ1v) is 3.93. The smallest absolute Gasteiger partial charge is 0.166 e. The quantitative estimate of drug-likeness (QED) is 0.560. The lowest BCUT2D eigenvalue weighted by atomic mass is 10.2. The van der Waals surface area contributed by atoms with Crippen molar-refractivity contribution in [3.8, 4) is 0 Å². The van der Waals surface area contributed by atoms with E-state index in [1.54, 1.807) is 0 Å². The van der Waals surface area contributed by atoms with Gasteiger partial charge in [-0.1, -0.05) is 6.92 Å². The molecule has 1 heterocycles. The Hall–Kier alpha value is -0.0800. The van der Waals surface area contributed by atoms with Gasteiger partial charge in [0.1, 0.15) is 0 Å². The highest BCUT2D eigenvalue weighted by Gasteiger charge is 2.38. The van der Waals surface area contributed by atoms with Gasteiger partial charge in [0.15, 0.2) is 5.79 Å². The Morgan fingerprint density at radius 3 is 1.80 bits per heavy atom. The largest absolute Gasteiger partial charge is 0.345 e. The molecule has 1 fully saturated rings. The van der Waals surface area contributed by atoms with Crippen LogP contribution in [0.1, 0.15) is 34.1 Å². The van der Waals surface area contributed by atoms with Gasteiger partial charge < -0.3 is 9.47 Å². The normalized spacial score (nSPS) is 48.0. The Kier molecular flexibility index (Phi) is 2.02. The van der Waals surface area contributed by atoms with Gasteiger partial charge in [-0.05, 0) is 27.2 Å². The summed E-state index contributed by atoms with van der Waals surface area (Å²) >= 11 is 0. The molecule has 1 saturated heterocycles. The van der Waals surface area contributed by atoms with Crippen LogP contribution in [0.25, 0.3) is 0 Å². The van der Waals surface area contributed by atoms with Crippen molar-refractivity contribution >= 4 is 0 Å². The van der Waals surface area contributed by atoms with Crippen molar-refractivity contribution in [1.29, 1.82) is 0 Å². The third-order valence-corrected chi connectivity index (χ3v) is 2.17. The molecule has 10 heavy (non-hydrogen) atoms. The summed E-state index contributed by atoms with van der Waals surface area (Å²) < 4.78 is 11.2. The fourth-order valence-electron chi connectivity index (χ4n) is 1.17. The van der Waals surface area contributed by atoms with Gasteiger partial charge in [-0.15, -0.1) is 0 Å². The molecule has 1 rings (SSSR count). The number of hydrogen-bond acceptors (Lipinski definition) is 2. The molecule has 0 aliphatic carbocycles. The Morgan fingerprint density at radius 1 is 1.20 bits per heavy atom. The highest BCUT2D eigenvalue weighted by atomic mass is 16.7. The molecule has 2 nitrogen and oxygen atoms in total. The van der Waals surface area contributed by atoms with Gasteiger partial charge in [-0.3, -0.25) is 0 Å². The average molecular weight is 144 g/mol. The highest BCUT2D eigenvalue weighted by molar-refractivity contribution is 4.76. The van der Waals surface area contributed by atoms with Crippen molar-refractivity contribution in [2.24, 2.45) is 0 Å². The molecule has 60 valence electrons. The van der Waals surface area contributed by atoms with Crippen LogP contribution in [0, 0.1) is 0 Å². The van der Waals surface area contributed by atoms with E-state index in [0.29, 0.717) is 0 Å². The van der Waals surface area contributed by atoms with Gasteiger partial charge in [-0.25, -0.2) is 0 Å². The molecule has 0 bridgehead atoms. The van der Waals surface area contributed by atoms with E-state index in [-0.39, 0.29) is 18.0 Å². The maximum Gasteiger partial charge on any atom is 0.166 e. The van der Waals surface area contributed by atoms with Crippen LogP contribution in [-0.2, 0) is 9.47 Å². The van der Waals surface area contributed by atoms with E-state index in [9.17, 15) is 0 Å². The molecule has 0 radical (unpaired) electrons. The van der Waals surface area contributed by atoms with Crippen LogP contribution in [0.5, 0.6) is 0 Å². The zero-order chi connectivity index (χ0) is 7.78. The van der Waals surface area contributed by atoms with Gasteiger partial charge in [0.25, 0.3) is 0 Å². The molecule has 0 N–H and O–H groups in total. The summed E-state index contributed by atoms with van der Waals surface area (Å²) in [6.07, 6.45) is 1.40. The minimum absolute atomic E-state index is 0.241. The zero-order valence-corrected chi connectivity index (χ0v) is 7.18. The average Bonchev–Trinajstić information content (AvgIpc) is 2.10. The predicted octanol–water partition coefficient (Wildman–Crippen LogP) is 1.94. The van der Waals surface area contributed by atoms with E-state index in [2.05, 4.69) is 6.92 Å². The second-order valence-electron chi connectivity index (χ2n) is 3.13. The maximum absolute atomic E-state index is 5.59. The van der Waals surface area contributed by atoms with Gasteiger partial charge in [-0.2, -0.15) is 0 Å². The van der Waals surface area contributed by atoms with Gasteiger partial charge in [0, 0.05) is 0 Å². The third kappa shape index (κ3) is 1.32. The molecule has 1 aliphatic heterocycles. The fraction of sp³-hybridized carbons (Fsp3) is 1.00. The summed E-state index contributed by atoms with van der Waals surface area (Å²) in [5, 5.41) is 0. The molecular weight excluding hydrogens is 128 g/mol. The summed E-state index contributed by atoms with van der Waals surface area (Å²) in [5.74, 6) is -0.321. The summed E-state index contributed by atoms with van der Waals surface area (Å²) in [4.78, 5) is 0. The molecule has 0 spiro atoms. The first kappa shape index (κ1) is 8.02. The number of hydrogen-bond donors (Lipinski definition) is 0. The Morgan fingerprint density at radius 2 is 1.60 bits per heavy atom. The van der Waals surface area contributed by atoms with Gasteiger partial charge in [0.2, 0.25) is 0 Å². The maximum atomic E-state index is 5.59. The van der Waals surface area contributed by atoms with E-state index in [1.165, 1.54) is 0 Å². The standard InChI is InChI=1S/C8H16O2/c1-5-8(4)9-6(2)7(3)10-8/h6-7H,5H2,1-4H3. The second kappa shape index (κ2) is 2.51. The van der Waals surface area contributed by atoms with E-state index in [1.807, 2.05) is 20.8 Å². The van der Waals surface area contributed by atoms with Crippen molar-refractivity contribution in [3.05, 3.63) is 0 Å². The van der Waals surface area contributed by atoms with Crippen LogP contribution in [0.2, 0.25) is 0 Å². The van der Waals surface area contributed by atoms with Crippen molar-refractivity contribution < 1.29 is 9.47 Å². The zero-order valence-electron chi connectivity index (χ0n) is 7.18. The van der Waals surface area contributed by atoms with Crippen LogP contribution < -0.4 is 0 Å². The van der Waals surface area contributed by atoms with Crippen LogP contribution in [0.4, 0.5) is 0 Å². The number of ether oxygens (including phenoxy) is 2. The highest BCUT2D eigenvalue weighted by Crippen LogP contribution is 2.30. The summed E-state index contributed by atoms with van der Waals surface area (Å²) in [5.41, 5.74) is 0. The Labute approximate surface area is 62.5 Å². The lowest BCUT2D eigenvalue weighted by molar-refractivity contribution is -0.160. The molecular formula is C8H16O2. The van der Waals surface area contributed by atoms with E-state index < -0.39 is 0 Å². The molecule has 2 heteroatoms. The minimum atomic E-state index is -0.321. The molecule has 2 unspecified atom stereocenters. The molecule has 0 amide bonds. The van der Waals surface area contributed by atoms with Crippen molar-refractivity contribution in [2.45, 2.75) is 52.1 Å². The predicted molar refractivity (Wildman–Crippen MR) is 39.8 cm³/mol. The molecule has 0 aromatic carbocycles. The first-order chi connectivity index (χ1) is 4.57. The molecule has 2 atom stereocenters. The monoisotopic (exact) mass is 144 g/mol. The first-order valence-electron chi connectivity index (χ1n) is 3.93. The van der Waals surface area contributed by atoms with E-state index >= 15 is 0 Å². The molecule has 0 aromatic heterocycles. The SMILES string of the molecule is CCC1(C)OC(C)C(C)O1. The van der Waals surface area contributed by atoms with Crippen molar-refractivity contribution in [1.82, 2.24) is 0 Å². The summed E-state index contributed by atoms with van der Waals surface area (Å²) in [6.45, 7) is 8.16. The van der Waals surface area contributed by atoms with Crippen LogP contribution in [-0.4, -0.2) is 18.0 Å². The summed E-state index contributed by atoms with van der Waals surface area (Å²) in [7, 11) is 0. The van der Waals surface area contributed by atoms with Gasteiger partial charge in [0.05, 0.1) is 12.2 Å². The molecule has 1 aliphatic rings. The van der Waals surface area contributed by atoms with Crippen molar-refractivity contribution in [2.75, 3.05) is 0 Å². The van der Waals surface area contributed by atoms with Crippen LogP contribution >= 0.6 is 0 Å². The second-order valence-corrected chi connectivity index (χ2v) is 3.13. The van der Waals surface area contributed by atoms with E-state index in [0.717, 1.165) is 6.42 Å². The molecule has 0 saturated carbocycles. The summed E-state index contributed by atoms with van der Waals surface area (Å²) in [6, 6.07) is 0. The minimum Gasteiger partial charge on any atom is -0.345 e. The lowest BCUT2D eigenvalue weighted by Crippen LogP contribution is -2.24. The van der Waals surface area contributed by atoms with Crippen LogP contribution in [0.3, 0.4) is 0 Å². The fourth-order valence-corrected chi connectivity index (χ4v) is 1.17.